The highest BCUT2D eigenvalue weighted by Crippen LogP contribution is 2.15. The lowest BCUT2D eigenvalue weighted by atomic mass is 10.1. The minimum Gasteiger partial charge on any atom is -0.355 e. The Morgan fingerprint density at radius 3 is 3.06 bits per heavy atom. The predicted molar refractivity (Wildman–Crippen MR) is 63.8 cm³/mol. The summed E-state index contributed by atoms with van der Waals surface area (Å²) >= 11 is 0. The van der Waals surface area contributed by atoms with Crippen molar-refractivity contribution >= 4 is 11.0 Å². The van der Waals surface area contributed by atoms with Crippen LogP contribution >= 0.6 is 0 Å². The first kappa shape index (κ1) is 9.77. The number of nitrogens with zero attached hydrogens (tertiary/aromatic N) is 2. The Balaban J connectivity index is 2.08. The Kier molecular flexibility index (Phi) is 2.22. The minimum atomic E-state index is -0.146. The molecular formula is C12H10N4O. The van der Waals surface area contributed by atoms with Gasteiger partial charge in [0.25, 0.3) is 5.56 Å². The van der Waals surface area contributed by atoms with Gasteiger partial charge in [0, 0.05) is 30.6 Å². The second-order valence-electron chi connectivity index (χ2n) is 3.81. The first-order chi connectivity index (χ1) is 8.34. The maximum absolute atomic E-state index is 11.5. The van der Waals surface area contributed by atoms with E-state index in [9.17, 15) is 4.79 Å². The third-order valence-corrected chi connectivity index (χ3v) is 2.67. The van der Waals surface area contributed by atoms with E-state index in [2.05, 4.69) is 19.9 Å². The van der Waals surface area contributed by atoms with Crippen LogP contribution in [0.3, 0.4) is 0 Å². The van der Waals surface area contributed by atoms with Gasteiger partial charge in [-0.05, 0) is 11.6 Å². The summed E-state index contributed by atoms with van der Waals surface area (Å²) in [5, 5.41) is 0. The van der Waals surface area contributed by atoms with Gasteiger partial charge in [0.2, 0.25) is 0 Å². The summed E-state index contributed by atoms with van der Waals surface area (Å²) in [6.07, 6.45) is 7.50. The Labute approximate surface area is 96.6 Å². The lowest BCUT2D eigenvalue weighted by Gasteiger charge is -1.98. The van der Waals surface area contributed by atoms with Crippen LogP contribution in [-0.2, 0) is 6.42 Å². The Morgan fingerprint density at radius 1 is 1.29 bits per heavy atom. The zero-order valence-electron chi connectivity index (χ0n) is 8.97. The van der Waals surface area contributed by atoms with E-state index in [1.807, 2.05) is 24.5 Å². The highest BCUT2D eigenvalue weighted by atomic mass is 16.1. The molecule has 17 heavy (non-hydrogen) atoms. The molecule has 3 aromatic heterocycles. The number of fused-ring (bicyclic) bond motifs is 1. The van der Waals surface area contributed by atoms with Crippen LogP contribution in [-0.4, -0.2) is 19.9 Å². The van der Waals surface area contributed by atoms with Crippen LogP contribution in [0.25, 0.3) is 11.0 Å². The molecule has 5 heteroatoms. The molecule has 0 spiro atoms. The molecule has 5 nitrogen and oxygen atoms in total. The summed E-state index contributed by atoms with van der Waals surface area (Å²) in [4.78, 5) is 25.3. The van der Waals surface area contributed by atoms with E-state index in [0.717, 1.165) is 16.6 Å². The smallest absolute Gasteiger partial charge is 0.275 e. The summed E-state index contributed by atoms with van der Waals surface area (Å²) in [6.45, 7) is 0. The third-order valence-electron chi connectivity index (χ3n) is 2.67. The first-order valence-electron chi connectivity index (χ1n) is 5.27. The molecule has 0 fully saturated rings. The molecule has 3 heterocycles. The first-order valence-corrected chi connectivity index (χ1v) is 5.27. The number of nitrogens with one attached hydrogen (secondary N) is 2. The van der Waals surface area contributed by atoms with E-state index >= 15 is 0 Å². The van der Waals surface area contributed by atoms with Crippen LogP contribution in [0.4, 0.5) is 0 Å². The van der Waals surface area contributed by atoms with E-state index in [4.69, 9.17) is 0 Å². The van der Waals surface area contributed by atoms with Crippen LogP contribution in [0.2, 0.25) is 0 Å². The average Bonchev–Trinajstić information content (AvgIpc) is 2.76. The monoisotopic (exact) mass is 226 g/mol. The predicted octanol–water partition coefficient (Wildman–Crippen LogP) is 1.24. The van der Waals surface area contributed by atoms with E-state index in [1.54, 1.807) is 6.20 Å². The normalized spacial score (nSPS) is 10.8. The van der Waals surface area contributed by atoms with Gasteiger partial charge < -0.3 is 9.97 Å². The fourth-order valence-electron chi connectivity index (χ4n) is 1.86. The SMILES string of the molecule is O=c1[nH]cnc2c(Cc3cccnc3)c[nH]c12. The highest BCUT2D eigenvalue weighted by Gasteiger charge is 2.07. The van der Waals surface area contributed by atoms with E-state index in [0.29, 0.717) is 11.9 Å². The fraction of sp³-hybridized carbons (Fsp3) is 0.0833. The molecule has 0 bridgehead atoms. The van der Waals surface area contributed by atoms with Gasteiger partial charge in [-0.1, -0.05) is 6.07 Å². The van der Waals surface area contributed by atoms with Gasteiger partial charge in [-0.3, -0.25) is 9.78 Å². The lowest BCUT2D eigenvalue weighted by Crippen LogP contribution is -2.05. The molecule has 0 radical (unpaired) electrons. The average molecular weight is 226 g/mol. The molecule has 0 unspecified atom stereocenters. The van der Waals surface area contributed by atoms with Gasteiger partial charge in [0.1, 0.15) is 5.52 Å². The topological polar surface area (TPSA) is 74.4 Å². The van der Waals surface area contributed by atoms with Crippen molar-refractivity contribution < 1.29 is 0 Å². The van der Waals surface area contributed by atoms with Crippen LogP contribution in [0, 0.1) is 0 Å². The van der Waals surface area contributed by atoms with Gasteiger partial charge in [-0.25, -0.2) is 4.98 Å². The Hall–Kier alpha value is -2.43. The second-order valence-corrected chi connectivity index (χ2v) is 3.81. The van der Waals surface area contributed by atoms with Crippen molar-refractivity contribution in [2.45, 2.75) is 6.42 Å². The molecule has 0 aliphatic heterocycles. The van der Waals surface area contributed by atoms with Gasteiger partial charge in [0.05, 0.1) is 11.8 Å². The number of hydrogen-bond acceptors (Lipinski definition) is 3. The van der Waals surface area contributed by atoms with E-state index < -0.39 is 0 Å². The second kappa shape index (κ2) is 3.86. The number of H-pyrrole nitrogens is 2. The van der Waals surface area contributed by atoms with Crippen molar-refractivity contribution in [3.05, 3.63) is 58.5 Å². The number of aromatic nitrogens is 4. The number of aromatic amines is 2. The summed E-state index contributed by atoms with van der Waals surface area (Å²) in [5.41, 5.74) is 3.19. The molecule has 0 saturated heterocycles. The molecule has 0 atom stereocenters. The Morgan fingerprint density at radius 2 is 2.24 bits per heavy atom. The van der Waals surface area contributed by atoms with Crippen LogP contribution in [0.5, 0.6) is 0 Å². The number of rotatable bonds is 2. The Bertz CT molecular complexity index is 699. The molecule has 3 rings (SSSR count). The van der Waals surface area contributed by atoms with Crippen molar-refractivity contribution in [3.63, 3.8) is 0 Å². The van der Waals surface area contributed by atoms with Crippen LogP contribution in [0.15, 0.2) is 41.8 Å². The van der Waals surface area contributed by atoms with Crippen molar-refractivity contribution in [2.75, 3.05) is 0 Å². The van der Waals surface area contributed by atoms with Crippen LogP contribution in [0.1, 0.15) is 11.1 Å². The van der Waals surface area contributed by atoms with Gasteiger partial charge in [-0.2, -0.15) is 0 Å². The molecule has 0 aliphatic carbocycles. The fourth-order valence-corrected chi connectivity index (χ4v) is 1.86. The van der Waals surface area contributed by atoms with Crippen LogP contribution < -0.4 is 5.56 Å². The van der Waals surface area contributed by atoms with Gasteiger partial charge >= 0.3 is 0 Å². The van der Waals surface area contributed by atoms with Crippen molar-refractivity contribution in [2.24, 2.45) is 0 Å². The standard InChI is InChI=1S/C12H10N4O/c17-12-11-10(15-7-16-12)9(6-14-11)4-8-2-1-3-13-5-8/h1-3,5-7,14H,4H2,(H,15,16,17). The van der Waals surface area contributed by atoms with Gasteiger partial charge in [0.15, 0.2) is 0 Å². The maximum Gasteiger partial charge on any atom is 0.275 e. The quantitative estimate of drug-likeness (QED) is 0.690. The number of hydrogen-bond donors (Lipinski definition) is 2. The molecule has 0 saturated carbocycles. The lowest BCUT2D eigenvalue weighted by molar-refractivity contribution is 1.13. The molecular weight excluding hydrogens is 216 g/mol. The molecule has 0 aliphatic rings. The zero-order chi connectivity index (χ0) is 11.7. The summed E-state index contributed by atoms with van der Waals surface area (Å²) in [5.74, 6) is 0. The van der Waals surface area contributed by atoms with E-state index in [-0.39, 0.29) is 5.56 Å². The maximum atomic E-state index is 11.5. The molecule has 84 valence electrons. The molecule has 3 aromatic rings. The van der Waals surface area contributed by atoms with Crippen molar-refractivity contribution in [3.8, 4) is 0 Å². The molecule has 0 aromatic carbocycles. The molecule has 2 N–H and O–H groups in total. The minimum absolute atomic E-state index is 0.146. The van der Waals surface area contributed by atoms with Crippen molar-refractivity contribution in [1.82, 2.24) is 19.9 Å². The number of pyridine rings is 1. The highest BCUT2D eigenvalue weighted by molar-refractivity contribution is 5.77. The molecule has 0 amide bonds. The third kappa shape index (κ3) is 1.71. The largest absolute Gasteiger partial charge is 0.355 e. The summed E-state index contributed by atoms with van der Waals surface area (Å²) in [6, 6.07) is 3.89. The van der Waals surface area contributed by atoms with Gasteiger partial charge in [-0.15, -0.1) is 0 Å². The summed E-state index contributed by atoms with van der Waals surface area (Å²) in [7, 11) is 0. The van der Waals surface area contributed by atoms with Crippen molar-refractivity contribution in [1.29, 1.82) is 0 Å². The zero-order valence-corrected chi connectivity index (χ0v) is 8.97. The summed E-state index contributed by atoms with van der Waals surface area (Å²) < 4.78 is 0. The van der Waals surface area contributed by atoms with E-state index in [1.165, 1.54) is 6.33 Å².